The minimum atomic E-state index is -0.00758. The number of aliphatic imine (C=N–C) groups is 1. The Balaban J connectivity index is 1.88. The number of benzene rings is 1. The van der Waals surface area contributed by atoms with Crippen molar-refractivity contribution in [3.05, 3.63) is 48.2 Å². The van der Waals surface area contributed by atoms with E-state index in [1.807, 2.05) is 35.7 Å². The number of nitrogens with zero attached hydrogens (tertiary/aromatic N) is 4. The molecule has 0 spiro atoms. The molecule has 0 saturated carbocycles. The Morgan fingerprint density at radius 1 is 1.24 bits per heavy atom. The Morgan fingerprint density at radius 2 is 2.05 bits per heavy atom. The van der Waals surface area contributed by atoms with Crippen LogP contribution in [0.3, 0.4) is 0 Å². The van der Waals surface area contributed by atoms with Crippen molar-refractivity contribution in [3.63, 3.8) is 0 Å². The van der Waals surface area contributed by atoms with Crippen LogP contribution < -0.4 is 16.9 Å². The number of guanidine groups is 1. The SMILES string of the molecule is NC(N)=Nc1nc(-c2cncn2Nc2ccccc2)cs1. The van der Waals surface area contributed by atoms with E-state index in [0.29, 0.717) is 5.13 Å². The van der Waals surface area contributed by atoms with Gasteiger partial charge in [-0.3, -0.25) is 5.43 Å². The summed E-state index contributed by atoms with van der Waals surface area (Å²) in [5, 5.41) is 2.39. The Bertz CT molecular complexity index is 756. The molecule has 0 unspecified atom stereocenters. The maximum absolute atomic E-state index is 5.35. The third kappa shape index (κ3) is 3.00. The molecule has 3 rings (SSSR count). The number of hydrogen-bond donors (Lipinski definition) is 3. The number of hydrogen-bond acceptors (Lipinski definition) is 5. The molecule has 8 heteroatoms. The molecule has 7 nitrogen and oxygen atoms in total. The highest BCUT2D eigenvalue weighted by molar-refractivity contribution is 7.13. The summed E-state index contributed by atoms with van der Waals surface area (Å²) in [6.45, 7) is 0. The van der Waals surface area contributed by atoms with Gasteiger partial charge in [-0.25, -0.2) is 14.6 Å². The van der Waals surface area contributed by atoms with Crippen molar-refractivity contribution >= 4 is 28.1 Å². The van der Waals surface area contributed by atoms with Gasteiger partial charge >= 0.3 is 0 Å². The van der Waals surface area contributed by atoms with Crippen molar-refractivity contribution in [3.8, 4) is 11.4 Å². The van der Waals surface area contributed by atoms with Crippen molar-refractivity contribution in [2.45, 2.75) is 0 Å². The van der Waals surface area contributed by atoms with E-state index in [9.17, 15) is 0 Å². The molecule has 0 saturated heterocycles. The quantitative estimate of drug-likeness (QED) is 0.503. The second kappa shape index (κ2) is 5.63. The van der Waals surface area contributed by atoms with Crippen molar-refractivity contribution in [1.29, 1.82) is 0 Å². The maximum atomic E-state index is 5.35. The number of nitrogens with one attached hydrogen (secondary N) is 1. The second-order valence-electron chi connectivity index (χ2n) is 4.18. The molecule has 0 aliphatic heterocycles. The lowest BCUT2D eigenvalue weighted by Gasteiger charge is -2.09. The lowest BCUT2D eigenvalue weighted by Crippen LogP contribution is -2.21. The highest BCUT2D eigenvalue weighted by atomic mass is 32.1. The van der Waals surface area contributed by atoms with Crippen molar-refractivity contribution in [2.75, 3.05) is 5.43 Å². The largest absolute Gasteiger partial charge is 0.370 e. The van der Waals surface area contributed by atoms with E-state index in [4.69, 9.17) is 11.5 Å². The fraction of sp³-hybridized carbons (Fsp3) is 0. The Morgan fingerprint density at radius 3 is 2.81 bits per heavy atom. The summed E-state index contributed by atoms with van der Waals surface area (Å²) >= 11 is 1.36. The summed E-state index contributed by atoms with van der Waals surface area (Å²) in [6.07, 6.45) is 3.41. The first-order chi connectivity index (χ1) is 10.2. The van der Waals surface area contributed by atoms with Crippen LogP contribution in [0.25, 0.3) is 11.4 Å². The first-order valence-corrected chi connectivity index (χ1v) is 7.00. The topological polar surface area (TPSA) is 107 Å². The third-order valence-corrected chi connectivity index (χ3v) is 3.38. The number of aromatic nitrogens is 3. The van der Waals surface area contributed by atoms with Crippen molar-refractivity contribution < 1.29 is 0 Å². The minimum Gasteiger partial charge on any atom is -0.370 e. The van der Waals surface area contributed by atoms with E-state index in [-0.39, 0.29) is 5.96 Å². The number of thiazole rings is 1. The predicted molar refractivity (Wildman–Crippen MR) is 84.3 cm³/mol. The monoisotopic (exact) mass is 299 g/mol. The molecule has 1 aromatic carbocycles. The van der Waals surface area contributed by atoms with Crippen LogP contribution in [0, 0.1) is 0 Å². The number of imidazole rings is 1. The zero-order valence-electron chi connectivity index (χ0n) is 11.0. The zero-order chi connectivity index (χ0) is 14.7. The summed E-state index contributed by atoms with van der Waals surface area (Å²) in [5.74, 6) is -0.00758. The molecule has 0 bridgehead atoms. The lowest BCUT2D eigenvalue weighted by molar-refractivity contribution is 0.958. The van der Waals surface area contributed by atoms with Gasteiger partial charge in [0.2, 0.25) is 5.13 Å². The maximum Gasteiger partial charge on any atom is 0.212 e. The average molecular weight is 299 g/mol. The molecule has 0 fully saturated rings. The van der Waals surface area contributed by atoms with Gasteiger partial charge in [-0.05, 0) is 12.1 Å². The average Bonchev–Trinajstić information content (AvgIpc) is 3.08. The lowest BCUT2D eigenvalue weighted by atomic mass is 10.3. The summed E-state index contributed by atoms with van der Waals surface area (Å²) < 4.78 is 1.80. The Kier molecular flexibility index (Phi) is 3.52. The van der Waals surface area contributed by atoms with Crippen LogP contribution >= 0.6 is 11.3 Å². The minimum absolute atomic E-state index is 0.00758. The van der Waals surface area contributed by atoms with E-state index in [1.54, 1.807) is 17.2 Å². The highest BCUT2D eigenvalue weighted by Gasteiger charge is 2.09. The highest BCUT2D eigenvalue weighted by Crippen LogP contribution is 2.26. The molecule has 21 heavy (non-hydrogen) atoms. The van der Waals surface area contributed by atoms with Crippen LogP contribution in [0.1, 0.15) is 0 Å². The standard InChI is InChI=1S/C13H13N7S/c14-12(15)18-13-17-10(7-21-13)11-6-16-8-20(11)19-9-4-2-1-3-5-9/h1-8,19H,(H4,14,15,17,18). The van der Waals surface area contributed by atoms with E-state index >= 15 is 0 Å². The fourth-order valence-electron chi connectivity index (χ4n) is 1.77. The third-order valence-electron chi connectivity index (χ3n) is 2.64. The van der Waals surface area contributed by atoms with Crippen LogP contribution in [0.15, 0.2) is 53.2 Å². The van der Waals surface area contributed by atoms with Crippen LogP contribution in [-0.2, 0) is 0 Å². The first-order valence-electron chi connectivity index (χ1n) is 6.12. The second-order valence-corrected chi connectivity index (χ2v) is 5.02. The number of nitrogens with two attached hydrogens (primary N) is 2. The predicted octanol–water partition coefficient (Wildman–Crippen LogP) is 1.79. The Labute approximate surface area is 125 Å². The van der Waals surface area contributed by atoms with Gasteiger partial charge in [-0.2, -0.15) is 4.99 Å². The molecule has 2 aromatic heterocycles. The zero-order valence-corrected chi connectivity index (χ0v) is 11.8. The van der Waals surface area contributed by atoms with Gasteiger partial charge in [0.1, 0.15) is 17.7 Å². The normalized spacial score (nSPS) is 10.3. The molecule has 0 radical (unpaired) electrons. The molecule has 2 heterocycles. The van der Waals surface area contributed by atoms with Gasteiger partial charge in [-0.1, -0.05) is 18.2 Å². The van der Waals surface area contributed by atoms with E-state index < -0.39 is 0 Å². The summed E-state index contributed by atoms with van der Waals surface area (Å²) in [7, 11) is 0. The van der Waals surface area contributed by atoms with E-state index in [1.165, 1.54) is 11.3 Å². The summed E-state index contributed by atoms with van der Waals surface area (Å²) in [5.41, 5.74) is 16.5. The molecule has 3 aromatic rings. The number of anilines is 1. The fourth-order valence-corrected chi connectivity index (χ4v) is 2.47. The van der Waals surface area contributed by atoms with Crippen LogP contribution in [0.2, 0.25) is 0 Å². The van der Waals surface area contributed by atoms with Crippen LogP contribution in [-0.4, -0.2) is 20.6 Å². The van der Waals surface area contributed by atoms with Gasteiger partial charge in [0.15, 0.2) is 5.96 Å². The molecule has 0 amide bonds. The number of rotatable bonds is 4. The number of para-hydroxylation sites is 1. The Hall–Kier alpha value is -2.87. The van der Waals surface area contributed by atoms with Gasteiger partial charge in [-0.15, -0.1) is 11.3 Å². The molecule has 0 aliphatic rings. The van der Waals surface area contributed by atoms with Crippen molar-refractivity contribution in [2.24, 2.45) is 16.5 Å². The smallest absolute Gasteiger partial charge is 0.212 e. The van der Waals surface area contributed by atoms with E-state index in [0.717, 1.165) is 17.1 Å². The van der Waals surface area contributed by atoms with Crippen LogP contribution in [0.4, 0.5) is 10.8 Å². The summed E-state index contributed by atoms with van der Waals surface area (Å²) in [6, 6.07) is 9.81. The van der Waals surface area contributed by atoms with Gasteiger partial charge in [0, 0.05) is 5.38 Å². The molecule has 0 atom stereocenters. The van der Waals surface area contributed by atoms with Gasteiger partial charge < -0.3 is 11.5 Å². The summed E-state index contributed by atoms with van der Waals surface area (Å²) in [4.78, 5) is 12.4. The molecule has 106 valence electrons. The van der Waals surface area contributed by atoms with Crippen LogP contribution in [0.5, 0.6) is 0 Å². The first kappa shape index (κ1) is 13.1. The van der Waals surface area contributed by atoms with Crippen molar-refractivity contribution in [1.82, 2.24) is 14.6 Å². The van der Waals surface area contributed by atoms with E-state index in [2.05, 4.69) is 20.4 Å². The molecular weight excluding hydrogens is 286 g/mol. The molecular formula is C13H13N7S. The molecule has 0 aliphatic carbocycles. The van der Waals surface area contributed by atoms with Gasteiger partial charge in [0.05, 0.1) is 11.9 Å². The molecule has 5 N–H and O–H groups in total. The van der Waals surface area contributed by atoms with Gasteiger partial charge in [0.25, 0.3) is 0 Å².